The van der Waals surface area contributed by atoms with Crippen LogP contribution in [-0.4, -0.2) is 6.54 Å². The van der Waals surface area contributed by atoms with Crippen molar-refractivity contribution in [1.29, 1.82) is 0 Å². The Labute approximate surface area is 72.4 Å². The third-order valence-electron chi connectivity index (χ3n) is 1.75. The fraction of sp³-hybridized carbons (Fsp3) is 0.556. The molecule has 11 heavy (non-hydrogen) atoms. The zero-order chi connectivity index (χ0) is 8.10. The van der Waals surface area contributed by atoms with Crippen LogP contribution in [0.3, 0.4) is 0 Å². The molecule has 0 spiro atoms. The van der Waals surface area contributed by atoms with Gasteiger partial charge in [0.2, 0.25) is 0 Å². The maximum Gasteiger partial charge on any atom is 0.0412 e. The van der Waals surface area contributed by atoms with Crippen molar-refractivity contribution in [3.63, 3.8) is 0 Å². The van der Waals surface area contributed by atoms with Crippen LogP contribution in [0.25, 0.3) is 0 Å². The van der Waals surface area contributed by atoms with Gasteiger partial charge >= 0.3 is 0 Å². The van der Waals surface area contributed by atoms with Crippen molar-refractivity contribution in [1.82, 2.24) is 5.32 Å². The molecule has 2 heteroatoms. The molecule has 0 fully saturated rings. The molecule has 1 nitrogen and oxygen atoms in total. The van der Waals surface area contributed by atoms with Crippen molar-refractivity contribution >= 4 is 11.3 Å². The Bertz CT molecular complexity index is 181. The highest BCUT2D eigenvalue weighted by atomic mass is 32.1. The van der Waals surface area contributed by atoms with Gasteiger partial charge in [0, 0.05) is 10.9 Å². The Kier molecular flexibility index (Phi) is 3.60. The molecule has 1 rings (SSSR count). The smallest absolute Gasteiger partial charge is 0.0412 e. The third kappa shape index (κ3) is 2.31. The molecule has 0 aromatic carbocycles. The second-order valence-electron chi connectivity index (χ2n) is 2.53. The summed E-state index contributed by atoms with van der Waals surface area (Å²) < 4.78 is 0. The summed E-state index contributed by atoms with van der Waals surface area (Å²) in [6.45, 7) is 5.42. The molecule has 1 heterocycles. The highest BCUT2D eigenvalue weighted by Gasteiger charge is 2.06. The van der Waals surface area contributed by atoms with Crippen molar-refractivity contribution in [2.45, 2.75) is 26.3 Å². The van der Waals surface area contributed by atoms with E-state index < -0.39 is 0 Å². The zero-order valence-corrected chi connectivity index (χ0v) is 7.95. The molecule has 0 aliphatic heterocycles. The Morgan fingerprint density at radius 1 is 1.55 bits per heavy atom. The normalized spacial score (nSPS) is 13.3. The van der Waals surface area contributed by atoms with Crippen LogP contribution >= 0.6 is 11.3 Å². The molecular formula is C9H15NS. The second-order valence-corrected chi connectivity index (χ2v) is 3.51. The fourth-order valence-corrected chi connectivity index (χ4v) is 2.07. The Morgan fingerprint density at radius 3 is 2.82 bits per heavy atom. The van der Waals surface area contributed by atoms with Crippen LogP contribution in [0.15, 0.2) is 17.5 Å². The summed E-state index contributed by atoms with van der Waals surface area (Å²) in [7, 11) is 0. The Hall–Kier alpha value is -0.340. The quantitative estimate of drug-likeness (QED) is 0.731. The number of thiophene rings is 1. The van der Waals surface area contributed by atoms with E-state index in [9.17, 15) is 0 Å². The topological polar surface area (TPSA) is 12.0 Å². The minimum absolute atomic E-state index is 0.569. The first kappa shape index (κ1) is 8.75. The molecule has 0 radical (unpaired) electrons. The van der Waals surface area contributed by atoms with Crippen LogP contribution in [0.5, 0.6) is 0 Å². The van der Waals surface area contributed by atoms with E-state index in [0.717, 1.165) is 6.54 Å². The van der Waals surface area contributed by atoms with Gasteiger partial charge in [-0.1, -0.05) is 19.9 Å². The molecular weight excluding hydrogens is 154 g/mol. The van der Waals surface area contributed by atoms with Crippen molar-refractivity contribution in [2.24, 2.45) is 0 Å². The van der Waals surface area contributed by atoms with Gasteiger partial charge in [-0.15, -0.1) is 11.3 Å². The first-order chi connectivity index (χ1) is 5.38. The largest absolute Gasteiger partial charge is 0.310 e. The molecule has 1 unspecified atom stereocenters. The van der Waals surface area contributed by atoms with Gasteiger partial charge in [-0.2, -0.15) is 0 Å². The van der Waals surface area contributed by atoms with Crippen LogP contribution in [0.4, 0.5) is 0 Å². The Balaban J connectivity index is 2.56. The van der Waals surface area contributed by atoms with Gasteiger partial charge in [-0.25, -0.2) is 0 Å². The molecule has 1 aromatic rings. The van der Waals surface area contributed by atoms with E-state index >= 15 is 0 Å². The van der Waals surface area contributed by atoms with E-state index in [4.69, 9.17) is 0 Å². The summed E-state index contributed by atoms with van der Waals surface area (Å²) in [5, 5.41) is 5.58. The molecule has 0 amide bonds. The maximum atomic E-state index is 3.45. The zero-order valence-electron chi connectivity index (χ0n) is 7.13. The molecule has 1 aromatic heterocycles. The average molecular weight is 169 g/mol. The fourth-order valence-electron chi connectivity index (χ4n) is 1.18. The lowest BCUT2D eigenvalue weighted by molar-refractivity contribution is 0.545. The summed E-state index contributed by atoms with van der Waals surface area (Å²) in [5.41, 5.74) is 0. The second kappa shape index (κ2) is 4.52. The van der Waals surface area contributed by atoms with Gasteiger partial charge in [0.25, 0.3) is 0 Å². The number of hydrogen-bond acceptors (Lipinski definition) is 2. The lowest BCUT2D eigenvalue weighted by Crippen LogP contribution is -2.18. The predicted molar refractivity (Wildman–Crippen MR) is 51.0 cm³/mol. The van der Waals surface area contributed by atoms with E-state index in [0.29, 0.717) is 6.04 Å². The van der Waals surface area contributed by atoms with Gasteiger partial charge < -0.3 is 5.32 Å². The highest BCUT2D eigenvalue weighted by Crippen LogP contribution is 2.20. The number of rotatable bonds is 4. The Morgan fingerprint density at radius 2 is 2.36 bits per heavy atom. The van der Waals surface area contributed by atoms with Crippen LogP contribution in [0.1, 0.15) is 31.2 Å². The third-order valence-corrected chi connectivity index (χ3v) is 2.73. The lowest BCUT2D eigenvalue weighted by Gasteiger charge is -2.12. The van der Waals surface area contributed by atoms with Gasteiger partial charge in [0.05, 0.1) is 0 Å². The molecule has 0 saturated carbocycles. The standard InChI is InChI=1S/C9H15NS/c1-3-8(10-4-2)9-6-5-7-11-9/h5-8,10H,3-4H2,1-2H3. The molecule has 0 aliphatic rings. The van der Waals surface area contributed by atoms with Gasteiger partial charge in [0.15, 0.2) is 0 Å². The van der Waals surface area contributed by atoms with Crippen LogP contribution in [0.2, 0.25) is 0 Å². The first-order valence-corrected chi connectivity index (χ1v) is 5.03. The summed E-state index contributed by atoms with van der Waals surface area (Å²) in [4.78, 5) is 1.45. The van der Waals surface area contributed by atoms with E-state index in [1.54, 1.807) is 0 Å². The van der Waals surface area contributed by atoms with Crippen LogP contribution in [-0.2, 0) is 0 Å². The molecule has 62 valence electrons. The summed E-state index contributed by atoms with van der Waals surface area (Å²) in [5.74, 6) is 0. The van der Waals surface area contributed by atoms with Crippen molar-refractivity contribution < 1.29 is 0 Å². The molecule has 1 atom stereocenters. The molecule has 1 N–H and O–H groups in total. The SMILES string of the molecule is CCNC(CC)c1cccs1. The summed E-state index contributed by atoms with van der Waals surface area (Å²) in [6.07, 6.45) is 1.17. The van der Waals surface area contributed by atoms with E-state index in [-0.39, 0.29) is 0 Å². The highest BCUT2D eigenvalue weighted by molar-refractivity contribution is 7.10. The minimum Gasteiger partial charge on any atom is -0.310 e. The lowest BCUT2D eigenvalue weighted by atomic mass is 10.2. The molecule has 0 saturated heterocycles. The first-order valence-electron chi connectivity index (χ1n) is 4.15. The van der Waals surface area contributed by atoms with Crippen molar-refractivity contribution in [3.8, 4) is 0 Å². The summed E-state index contributed by atoms with van der Waals surface area (Å²) >= 11 is 1.83. The van der Waals surface area contributed by atoms with E-state index in [2.05, 4.69) is 36.7 Å². The maximum absolute atomic E-state index is 3.45. The molecule has 0 bridgehead atoms. The number of nitrogens with one attached hydrogen (secondary N) is 1. The van der Waals surface area contributed by atoms with Crippen molar-refractivity contribution in [3.05, 3.63) is 22.4 Å². The summed E-state index contributed by atoms with van der Waals surface area (Å²) in [6, 6.07) is 4.88. The average Bonchev–Trinajstić information content (AvgIpc) is 2.52. The van der Waals surface area contributed by atoms with Gasteiger partial charge in [-0.3, -0.25) is 0 Å². The molecule has 0 aliphatic carbocycles. The van der Waals surface area contributed by atoms with Gasteiger partial charge in [0.1, 0.15) is 0 Å². The van der Waals surface area contributed by atoms with Crippen LogP contribution < -0.4 is 5.32 Å². The minimum atomic E-state index is 0.569. The van der Waals surface area contributed by atoms with Crippen molar-refractivity contribution in [2.75, 3.05) is 6.54 Å². The van der Waals surface area contributed by atoms with E-state index in [1.807, 2.05) is 11.3 Å². The van der Waals surface area contributed by atoms with E-state index in [1.165, 1.54) is 11.3 Å². The monoisotopic (exact) mass is 169 g/mol. The van der Waals surface area contributed by atoms with Gasteiger partial charge in [-0.05, 0) is 24.4 Å². The predicted octanol–water partition coefficient (Wildman–Crippen LogP) is 2.81. The van der Waals surface area contributed by atoms with Crippen LogP contribution in [0, 0.1) is 0 Å². The number of hydrogen-bond donors (Lipinski definition) is 1.